The highest BCUT2D eigenvalue weighted by Crippen LogP contribution is 2.32. The Bertz CT molecular complexity index is 1180. The predicted molar refractivity (Wildman–Crippen MR) is 109 cm³/mol. The number of methoxy groups -OCH3 is 2. The van der Waals surface area contributed by atoms with E-state index in [9.17, 15) is 4.39 Å². The summed E-state index contributed by atoms with van der Waals surface area (Å²) in [4.78, 5) is 8.79. The molecule has 1 N–H and O–H groups in total. The zero-order valence-corrected chi connectivity index (χ0v) is 17.3. The van der Waals surface area contributed by atoms with E-state index < -0.39 is 0 Å². The molecule has 0 aliphatic carbocycles. The Morgan fingerprint density at radius 1 is 1.10 bits per heavy atom. The van der Waals surface area contributed by atoms with Crippen molar-refractivity contribution >= 4 is 11.8 Å². The highest BCUT2D eigenvalue weighted by atomic mass is 32.2. The fourth-order valence-corrected chi connectivity index (χ4v) is 3.35. The van der Waals surface area contributed by atoms with Crippen LogP contribution >= 0.6 is 11.8 Å². The largest absolute Gasteiger partial charge is 0.497 e. The Kier molecular flexibility index (Phi) is 5.66. The van der Waals surface area contributed by atoms with Crippen LogP contribution in [-0.4, -0.2) is 39.5 Å². The van der Waals surface area contributed by atoms with Crippen molar-refractivity contribution in [3.63, 3.8) is 0 Å². The van der Waals surface area contributed by atoms with Gasteiger partial charge in [-0.05, 0) is 30.7 Å². The van der Waals surface area contributed by atoms with Gasteiger partial charge in [-0.3, -0.25) is 5.10 Å². The molecule has 2 aromatic carbocycles. The Balaban J connectivity index is 1.45. The quantitative estimate of drug-likeness (QED) is 0.437. The fraction of sp³-hybridized carbons (Fsp3) is 0.200. The number of aromatic amines is 1. The molecule has 0 unspecified atom stereocenters. The molecule has 0 fully saturated rings. The minimum Gasteiger partial charge on any atom is -0.497 e. The number of halogens is 1. The number of hydrogen-bond acceptors (Lipinski definition) is 8. The molecule has 0 aliphatic heterocycles. The molecule has 2 aromatic heterocycles. The van der Waals surface area contributed by atoms with Gasteiger partial charge in [0.05, 0.1) is 25.5 Å². The van der Waals surface area contributed by atoms with Gasteiger partial charge in [0.1, 0.15) is 17.3 Å². The third kappa shape index (κ3) is 4.13. The normalized spacial score (nSPS) is 10.9. The lowest BCUT2D eigenvalue weighted by Gasteiger charge is -2.07. The van der Waals surface area contributed by atoms with Crippen LogP contribution in [-0.2, 0) is 5.75 Å². The van der Waals surface area contributed by atoms with E-state index in [1.165, 1.54) is 17.8 Å². The van der Waals surface area contributed by atoms with Crippen molar-refractivity contribution in [1.29, 1.82) is 0 Å². The summed E-state index contributed by atoms with van der Waals surface area (Å²) in [7, 11) is 3.17. The van der Waals surface area contributed by atoms with E-state index in [0.717, 1.165) is 5.56 Å². The van der Waals surface area contributed by atoms with Crippen LogP contribution in [0.1, 0.15) is 11.5 Å². The molecule has 0 aliphatic rings. The van der Waals surface area contributed by atoms with Gasteiger partial charge in [0.25, 0.3) is 0 Å². The first-order valence-electron chi connectivity index (χ1n) is 8.94. The zero-order chi connectivity index (χ0) is 21.1. The Morgan fingerprint density at radius 2 is 1.97 bits per heavy atom. The molecular formula is C20H18FN5O3S. The summed E-state index contributed by atoms with van der Waals surface area (Å²) in [6.45, 7) is 1.70. The molecule has 0 amide bonds. The van der Waals surface area contributed by atoms with Crippen LogP contribution in [0.25, 0.3) is 22.8 Å². The van der Waals surface area contributed by atoms with Gasteiger partial charge in [-0.15, -0.1) is 5.10 Å². The second-order valence-electron chi connectivity index (χ2n) is 6.30. The van der Waals surface area contributed by atoms with Crippen LogP contribution < -0.4 is 9.47 Å². The molecule has 154 valence electrons. The van der Waals surface area contributed by atoms with Gasteiger partial charge in [0, 0.05) is 11.6 Å². The first kappa shape index (κ1) is 19.9. The van der Waals surface area contributed by atoms with E-state index in [-0.39, 0.29) is 5.82 Å². The van der Waals surface area contributed by atoms with E-state index in [1.54, 1.807) is 39.3 Å². The van der Waals surface area contributed by atoms with Crippen molar-refractivity contribution in [2.24, 2.45) is 0 Å². The predicted octanol–water partition coefficient (Wildman–Crippen LogP) is 4.28. The van der Waals surface area contributed by atoms with Crippen molar-refractivity contribution in [2.75, 3.05) is 14.2 Å². The van der Waals surface area contributed by atoms with Gasteiger partial charge in [-0.1, -0.05) is 29.1 Å². The standard InChI is InChI=1S/C20H18FN5O3S/c1-11-4-5-12(8-15(11)21)18-22-17(29-26-18)10-30-20-23-19(24-25-20)14-7-6-13(27-2)9-16(14)28-3/h4-9H,10H2,1-3H3,(H,23,24,25). The third-order valence-corrected chi connectivity index (χ3v) is 5.18. The summed E-state index contributed by atoms with van der Waals surface area (Å²) in [6.07, 6.45) is 0. The third-order valence-electron chi connectivity index (χ3n) is 4.35. The Hall–Kier alpha value is -3.40. The molecule has 30 heavy (non-hydrogen) atoms. The van der Waals surface area contributed by atoms with E-state index in [0.29, 0.717) is 51.1 Å². The molecule has 4 rings (SSSR count). The second-order valence-corrected chi connectivity index (χ2v) is 7.24. The van der Waals surface area contributed by atoms with Gasteiger partial charge in [-0.2, -0.15) is 4.98 Å². The highest BCUT2D eigenvalue weighted by molar-refractivity contribution is 7.98. The van der Waals surface area contributed by atoms with Crippen LogP contribution in [0.5, 0.6) is 11.5 Å². The van der Waals surface area contributed by atoms with E-state index >= 15 is 0 Å². The SMILES string of the molecule is COc1ccc(-c2nc(SCc3nc(-c4ccc(C)c(F)c4)no3)n[nH]2)c(OC)c1. The number of H-pyrrole nitrogens is 1. The summed E-state index contributed by atoms with van der Waals surface area (Å²) in [5.41, 5.74) is 1.89. The van der Waals surface area contributed by atoms with Crippen molar-refractivity contribution in [3.8, 4) is 34.3 Å². The summed E-state index contributed by atoms with van der Waals surface area (Å²) < 4.78 is 29.6. The molecule has 0 saturated heterocycles. The second kappa shape index (κ2) is 8.54. The van der Waals surface area contributed by atoms with Gasteiger partial charge in [0.15, 0.2) is 5.82 Å². The number of aromatic nitrogens is 5. The van der Waals surface area contributed by atoms with Gasteiger partial charge in [-0.25, -0.2) is 9.37 Å². The Morgan fingerprint density at radius 3 is 2.73 bits per heavy atom. The van der Waals surface area contributed by atoms with Crippen molar-refractivity contribution in [2.45, 2.75) is 17.8 Å². The maximum Gasteiger partial charge on any atom is 0.237 e. The van der Waals surface area contributed by atoms with E-state index in [2.05, 4.69) is 25.3 Å². The average Bonchev–Trinajstić information content (AvgIpc) is 3.43. The van der Waals surface area contributed by atoms with E-state index in [1.807, 2.05) is 12.1 Å². The van der Waals surface area contributed by atoms with Crippen LogP contribution in [0.4, 0.5) is 4.39 Å². The molecular weight excluding hydrogens is 409 g/mol. The molecule has 0 radical (unpaired) electrons. The van der Waals surface area contributed by atoms with E-state index in [4.69, 9.17) is 14.0 Å². The minimum atomic E-state index is -0.310. The number of aryl methyl sites for hydroxylation is 1. The van der Waals surface area contributed by atoms with Crippen molar-refractivity contribution in [3.05, 3.63) is 53.7 Å². The summed E-state index contributed by atoms with van der Waals surface area (Å²) >= 11 is 1.33. The summed E-state index contributed by atoms with van der Waals surface area (Å²) in [5, 5.41) is 11.6. The lowest BCUT2D eigenvalue weighted by Crippen LogP contribution is -1.91. The molecule has 8 nitrogen and oxygen atoms in total. The number of nitrogens with one attached hydrogen (secondary N) is 1. The smallest absolute Gasteiger partial charge is 0.237 e. The Labute approximate surface area is 175 Å². The monoisotopic (exact) mass is 427 g/mol. The number of ether oxygens (including phenoxy) is 2. The lowest BCUT2D eigenvalue weighted by molar-refractivity contribution is 0.391. The summed E-state index contributed by atoms with van der Waals surface area (Å²) in [6, 6.07) is 10.3. The fourth-order valence-electron chi connectivity index (χ4n) is 2.71. The van der Waals surface area contributed by atoms with Crippen LogP contribution in [0.3, 0.4) is 0 Å². The first-order chi connectivity index (χ1) is 14.6. The topological polar surface area (TPSA) is 99.0 Å². The molecule has 0 spiro atoms. The minimum absolute atomic E-state index is 0.310. The van der Waals surface area contributed by atoms with Gasteiger partial charge >= 0.3 is 0 Å². The van der Waals surface area contributed by atoms with Crippen molar-refractivity contribution in [1.82, 2.24) is 25.3 Å². The molecule has 10 heteroatoms. The van der Waals surface area contributed by atoms with Crippen LogP contribution in [0, 0.1) is 12.7 Å². The van der Waals surface area contributed by atoms with Gasteiger partial charge in [0.2, 0.25) is 16.9 Å². The molecule has 4 aromatic rings. The number of rotatable bonds is 7. The molecule has 0 saturated carbocycles. The number of nitrogens with zero attached hydrogens (tertiary/aromatic N) is 4. The lowest BCUT2D eigenvalue weighted by atomic mass is 10.1. The van der Waals surface area contributed by atoms with Crippen molar-refractivity contribution < 1.29 is 18.4 Å². The zero-order valence-electron chi connectivity index (χ0n) is 16.5. The number of hydrogen-bond donors (Lipinski definition) is 1. The number of benzene rings is 2. The molecule has 0 atom stereocenters. The highest BCUT2D eigenvalue weighted by Gasteiger charge is 2.15. The van der Waals surface area contributed by atoms with Crippen LogP contribution in [0.15, 0.2) is 46.1 Å². The molecule has 0 bridgehead atoms. The molecule has 2 heterocycles. The first-order valence-corrected chi connectivity index (χ1v) is 9.92. The maximum atomic E-state index is 13.8. The maximum absolute atomic E-state index is 13.8. The van der Waals surface area contributed by atoms with Gasteiger partial charge < -0.3 is 14.0 Å². The summed E-state index contributed by atoms with van der Waals surface area (Å²) in [5.74, 6) is 2.67. The number of thioether (sulfide) groups is 1. The average molecular weight is 427 g/mol. The van der Waals surface area contributed by atoms with Crippen LogP contribution in [0.2, 0.25) is 0 Å².